The van der Waals surface area contributed by atoms with Gasteiger partial charge in [-0.15, -0.1) is 0 Å². The molecule has 0 aliphatic heterocycles. The van der Waals surface area contributed by atoms with Gasteiger partial charge in [0.25, 0.3) is 0 Å². The van der Waals surface area contributed by atoms with Crippen molar-refractivity contribution < 1.29 is 5.11 Å². The van der Waals surface area contributed by atoms with E-state index in [4.69, 9.17) is 16.7 Å². The number of nitrogens with one attached hydrogen (secondary N) is 1. The zero-order valence-electron chi connectivity index (χ0n) is 12.0. The predicted octanol–water partition coefficient (Wildman–Crippen LogP) is 3.71. The van der Waals surface area contributed by atoms with Gasteiger partial charge in [-0.2, -0.15) is 0 Å². The molecule has 1 aliphatic rings. The van der Waals surface area contributed by atoms with Gasteiger partial charge in [-0.25, -0.2) is 0 Å². The largest absolute Gasteiger partial charge is 0.396 e. The number of hydrogen-bond acceptors (Lipinski definition) is 2. The fraction of sp³-hybridized carbons (Fsp3) is 0.625. The summed E-state index contributed by atoms with van der Waals surface area (Å²) < 4.78 is 0. The summed E-state index contributed by atoms with van der Waals surface area (Å²) in [4.78, 5) is 0. The van der Waals surface area contributed by atoms with Gasteiger partial charge in [-0.1, -0.05) is 31.5 Å². The number of aliphatic hydroxyl groups is 1. The van der Waals surface area contributed by atoms with Crippen LogP contribution in [-0.2, 0) is 6.42 Å². The number of halogens is 1. The highest BCUT2D eigenvalue weighted by molar-refractivity contribution is 6.30. The van der Waals surface area contributed by atoms with Gasteiger partial charge in [0.2, 0.25) is 0 Å². The molecule has 0 saturated carbocycles. The van der Waals surface area contributed by atoms with Crippen LogP contribution >= 0.6 is 11.6 Å². The maximum Gasteiger partial charge on any atom is 0.0431 e. The second-order valence-corrected chi connectivity index (χ2v) is 6.81. The van der Waals surface area contributed by atoms with Crippen LogP contribution in [0.15, 0.2) is 18.2 Å². The number of rotatable bonds is 5. The topological polar surface area (TPSA) is 32.3 Å². The minimum absolute atomic E-state index is 0.209. The van der Waals surface area contributed by atoms with Gasteiger partial charge in [0, 0.05) is 23.7 Å². The summed E-state index contributed by atoms with van der Waals surface area (Å²) in [5.74, 6) is 0. The first-order valence-electron chi connectivity index (χ1n) is 7.09. The molecular weight excluding hydrogens is 258 g/mol. The quantitative estimate of drug-likeness (QED) is 0.862. The van der Waals surface area contributed by atoms with E-state index in [9.17, 15) is 0 Å². The van der Waals surface area contributed by atoms with E-state index in [0.717, 1.165) is 24.3 Å². The lowest BCUT2D eigenvalue weighted by Gasteiger charge is -2.31. The molecule has 0 heterocycles. The Morgan fingerprint density at radius 1 is 1.47 bits per heavy atom. The Morgan fingerprint density at radius 3 is 2.89 bits per heavy atom. The zero-order chi connectivity index (χ0) is 14.0. The Hall–Kier alpha value is -0.570. The zero-order valence-corrected chi connectivity index (χ0v) is 12.8. The van der Waals surface area contributed by atoms with Gasteiger partial charge in [0.05, 0.1) is 0 Å². The molecule has 2 unspecified atom stereocenters. The summed E-state index contributed by atoms with van der Waals surface area (Å²) in [6, 6.07) is 6.98. The molecule has 1 aliphatic carbocycles. The molecule has 0 fully saturated rings. The number of fused-ring (bicyclic) bond motifs is 1. The number of benzene rings is 1. The third-order valence-electron chi connectivity index (χ3n) is 4.09. The fourth-order valence-electron chi connectivity index (χ4n) is 3.09. The van der Waals surface area contributed by atoms with E-state index in [1.54, 1.807) is 0 Å². The second kappa shape index (κ2) is 5.82. The summed E-state index contributed by atoms with van der Waals surface area (Å²) >= 11 is 6.14. The molecule has 0 amide bonds. The Labute approximate surface area is 121 Å². The predicted molar refractivity (Wildman–Crippen MR) is 80.6 cm³/mol. The van der Waals surface area contributed by atoms with Crippen molar-refractivity contribution in [2.45, 2.75) is 52.1 Å². The summed E-state index contributed by atoms with van der Waals surface area (Å²) in [6.45, 7) is 7.06. The van der Waals surface area contributed by atoms with Crippen LogP contribution in [0.2, 0.25) is 5.02 Å². The van der Waals surface area contributed by atoms with Gasteiger partial charge >= 0.3 is 0 Å². The van der Waals surface area contributed by atoms with E-state index in [-0.39, 0.29) is 12.0 Å². The lowest BCUT2D eigenvalue weighted by Crippen LogP contribution is -2.37. The minimum atomic E-state index is 0.209. The second-order valence-electron chi connectivity index (χ2n) is 6.38. The molecule has 106 valence electrons. The van der Waals surface area contributed by atoms with Crippen LogP contribution in [-0.4, -0.2) is 17.8 Å². The summed E-state index contributed by atoms with van der Waals surface area (Å²) in [5.41, 5.74) is 2.95. The molecule has 0 saturated heterocycles. The van der Waals surface area contributed by atoms with Crippen molar-refractivity contribution in [3.05, 3.63) is 34.3 Å². The van der Waals surface area contributed by atoms with Crippen LogP contribution < -0.4 is 5.32 Å². The third-order valence-corrected chi connectivity index (χ3v) is 4.33. The first-order chi connectivity index (χ1) is 8.94. The number of aliphatic hydroxyl groups excluding tert-OH is 1. The maximum atomic E-state index is 8.93. The van der Waals surface area contributed by atoms with Crippen molar-refractivity contribution in [1.29, 1.82) is 0 Å². The van der Waals surface area contributed by atoms with Gasteiger partial charge in [0.15, 0.2) is 0 Å². The Balaban J connectivity index is 2.17. The molecule has 0 aromatic heterocycles. The van der Waals surface area contributed by atoms with Crippen molar-refractivity contribution in [2.75, 3.05) is 6.61 Å². The van der Waals surface area contributed by atoms with Crippen molar-refractivity contribution >= 4 is 11.6 Å². The smallest absolute Gasteiger partial charge is 0.0431 e. The van der Waals surface area contributed by atoms with Crippen LogP contribution in [0.1, 0.15) is 50.8 Å². The number of hydrogen-bond donors (Lipinski definition) is 2. The molecule has 2 nitrogen and oxygen atoms in total. The monoisotopic (exact) mass is 281 g/mol. The first-order valence-corrected chi connectivity index (χ1v) is 7.47. The molecule has 2 rings (SSSR count). The average Bonchev–Trinajstić information content (AvgIpc) is 2.58. The highest BCUT2D eigenvalue weighted by Gasteiger charge is 2.39. The summed E-state index contributed by atoms with van der Waals surface area (Å²) in [6.07, 6.45) is 2.94. The molecular formula is C16H24ClNO. The van der Waals surface area contributed by atoms with E-state index in [1.807, 2.05) is 6.07 Å². The highest BCUT2D eigenvalue weighted by Crippen LogP contribution is 2.46. The normalized spacial score (nSPS) is 22.3. The van der Waals surface area contributed by atoms with Gasteiger partial charge in [-0.3, -0.25) is 0 Å². The van der Waals surface area contributed by atoms with Crippen molar-refractivity contribution in [2.24, 2.45) is 5.41 Å². The van der Waals surface area contributed by atoms with Crippen molar-refractivity contribution in [3.8, 4) is 0 Å². The van der Waals surface area contributed by atoms with E-state index in [1.165, 1.54) is 11.1 Å². The highest BCUT2D eigenvalue weighted by atomic mass is 35.5. The maximum absolute atomic E-state index is 8.93. The minimum Gasteiger partial charge on any atom is -0.396 e. The summed E-state index contributed by atoms with van der Waals surface area (Å²) in [5, 5.41) is 13.5. The van der Waals surface area contributed by atoms with E-state index in [0.29, 0.717) is 12.1 Å². The molecule has 1 aromatic rings. The van der Waals surface area contributed by atoms with Crippen LogP contribution in [0.4, 0.5) is 0 Å². The molecule has 0 spiro atoms. The van der Waals surface area contributed by atoms with Crippen molar-refractivity contribution in [1.82, 2.24) is 5.32 Å². The molecule has 19 heavy (non-hydrogen) atoms. The van der Waals surface area contributed by atoms with E-state index < -0.39 is 0 Å². The molecule has 1 aromatic carbocycles. The fourth-order valence-corrected chi connectivity index (χ4v) is 3.27. The van der Waals surface area contributed by atoms with Crippen LogP contribution in [0.3, 0.4) is 0 Å². The van der Waals surface area contributed by atoms with Gasteiger partial charge in [-0.05, 0) is 54.9 Å². The summed E-state index contributed by atoms with van der Waals surface area (Å²) in [7, 11) is 0. The standard InChI is InChI=1S/C16H24ClNO/c1-11(5-4-8-19)18-15-14-9-13(17)7-6-12(14)10-16(15,2)3/h6-7,9,11,15,18-19H,4-5,8,10H2,1-3H3. The first kappa shape index (κ1) is 14.8. The average molecular weight is 282 g/mol. The van der Waals surface area contributed by atoms with Crippen LogP contribution in [0, 0.1) is 5.41 Å². The third kappa shape index (κ3) is 3.31. The van der Waals surface area contributed by atoms with E-state index >= 15 is 0 Å². The van der Waals surface area contributed by atoms with Crippen LogP contribution in [0.25, 0.3) is 0 Å². The SMILES string of the molecule is CC(CCCO)NC1c2cc(Cl)ccc2CC1(C)C. The molecule has 2 N–H and O–H groups in total. The molecule has 3 heteroatoms. The van der Waals surface area contributed by atoms with Crippen molar-refractivity contribution in [3.63, 3.8) is 0 Å². The van der Waals surface area contributed by atoms with Gasteiger partial charge in [0.1, 0.15) is 0 Å². The molecule has 0 bridgehead atoms. The van der Waals surface area contributed by atoms with Gasteiger partial charge < -0.3 is 10.4 Å². The Kier molecular flexibility index (Phi) is 4.54. The van der Waals surface area contributed by atoms with E-state index in [2.05, 4.69) is 38.2 Å². The molecule has 0 radical (unpaired) electrons. The molecule has 2 atom stereocenters. The van der Waals surface area contributed by atoms with Crippen LogP contribution in [0.5, 0.6) is 0 Å². The lowest BCUT2D eigenvalue weighted by atomic mass is 9.85. The Morgan fingerprint density at radius 2 is 2.21 bits per heavy atom. The Bertz CT molecular complexity index is 444. The lowest BCUT2D eigenvalue weighted by molar-refractivity contribution is 0.234.